The standard InChI is InChI=1S/C24H21ClN6O.ClH/c25-18-12-15(6-9-19(18)32)22-17(13-26)20(21-23(27)29-30-24(21)28-22)14-4-7-16(8-5-14)31-10-2-1-3-11-31;/h4-9,12,32H,1-3,10-11H2,(H3,27,28,29,30);1H. The normalized spacial score (nSPS) is 13.5. The quantitative estimate of drug-likeness (QED) is 0.355. The van der Waals surface area contributed by atoms with Gasteiger partial charge < -0.3 is 15.7 Å². The average Bonchev–Trinajstić information content (AvgIpc) is 3.20. The van der Waals surface area contributed by atoms with Gasteiger partial charge in [0, 0.05) is 29.9 Å². The van der Waals surface area contributed by atoms with Crippen LogP contribution in [0.1, 0.15) is 24.8 Å². The number of aromatic amines is 1. The van der Waals surface area contributed by atoms with E-state index in [1.54, 1.807) is 12.1 Å². The third-order valence-electron chi connectivity index (χ3n) is 5.94. The maximum Gasteiger partial charge on any atom is 0.184 e. The predicted molar refractivity (Wildman–Crippen MR) is 134 cm³/mol. The first-order chi connectivity index (χ1) is 15.6. The van der Waals surface area contributed by atoms with E-state index in [0.717, 1.165) is 18.7 Å². The summed E-state index contributed by atoms with van der Waals surface area (Å²) >= 11 is 6.12. The van der Waals surface area contributed by atoms with Crippen molar-refractivity contribution in [3.05, 3.63) is 53.1 Å². The zero-order valence-electron chi connectivity index (χ0n) is 17.7. The number of aromatic hydroxyl groups is 1. The van der Waals surface area contributed by atoms with Crippen LogP contribution < -0.4 is 10.6 Å². The predicted octanol–water partition coefficient (Wildman–Crippen LogP) is 5.52. The highest BCUT2D eigenvalue weighted by atomic mass is 35.5. The van der Waals surface area contributed by atoms with Gasteiger partial charge in [-0.15, -0.1) is 12.4 Å². The lowest BCUT2D eigenvalue weighted by molar-refractivity contribution is 0.475. The van der Waals surface area contributed by atoms with Crippen molar-refractivity contribution in [3.63, 3.8) is 0 Å². The number of piperidine rings is 1. The third-order valence-corrected chi connectivity index (χ3v) is 6.24. The number of phenols is 1. The molecule has 0 spiro atoms. The molecule has 1 aliphatic rings. The van der Waals surface area contributed by atoms with Gasteiger partial charge in [-0.3, -0.25) is 5.10 Å². The molecule has 2 aromatic carbocycles. The zero-order chi connectivity index (χ0) is 22.2. The Hall–Kier alpha value is -3.47. The lowest BCUT2D eigenvalue weighted by atomic mass is 9.93. The van der Waals surface area contributed by atoms with E-state index < -0.39 is 0 Å². The smallest absolute Gasteiger partial charge is 0.184 e. The molecule has 7 nitrogen and oxygen atoms in total. The number of anilines is 2. The lowest BCUT2D eigenvalue weighted by Crippen LogP contribution is -2.29. The second-order valence-electron chi connectivity index (χ2n) is 7.92. The van der Waals surface area contributed by atoms with Crippen LogP contribution in [-0.2, 0) is 0 Å². The van der Waals surface area contributed by atoms with E-state index >= 15 is 0 Å². The Morgan fingerprint density at radius 1 is 1.06 bits per heavy atom. The molecule has 1 fully saturated rings. The van der Waals surface area contributed by atoms with Crippen molar-refractivity contribution in [2.45, 2.75) is 19.3 Å². The molecule has 168 valence electrons. The summed E-state index contributed by atoms with van der Waals surface area (Å²) in [5.41, 5.74) is 10.7. The van der Waals surface area contributed by atoms with Crippen molar-refractivity contribution in [2.75, 3.05) is 23.7 Å². The van der Waals surface area contributed by atoms with Crippen LogP contribution in [0.3, 0.4) is 0 Å². The molecular weight excluding hydrogens is 459 g/mol. The maximum atomic E-state index is 10.1. The molecule has 0 bridgehead atoms. The minimum Gasteiger partial charge on any atom is -0.506 e. The van der Waals surface area contributed by atoms with E-state index in [1.165, 1.54) is 31.0 Å². The monoisotopic (exact) mass is 480 g/mol. The van der Waals surface area contributed by atoms with Crippen LogP contribution in [0, 0.1) is 11.3 Å². The van der Waals surface area contributed by atoms with Crippen LogP contribution in [0.25, 0.3) is 33.4 Å². The number of nitrogens with one attached hydrogen (secondary N) is 1. The second kappa shape index (κ2) is 9.18. The third kappa shape index (κ3) is 4.04. The molecule has 4 aromatic rings. The van der Waals surface area contributed by atoms with Crippen LogP contribution in [0.15, 0.2) is 42.5 Å². The number of nitrogens with two attached hydrogens (primary N) is 1. The van der Waals surface area contributed by atoms with Gasteiger partial charge in [0.1, 0.15) is 17.6 Å². The first-order valence-corrected chi connectivity index (χ1v) is 10.9. The number of aromatic nitrogens is 3. The van der Waals surface area contributed by atoms with E-state index in [1.807, 2.05) is 12.1 Å². The molecule has 5 rings (SSSR count). The van der Waals surface area contributed by atoms with E-state index in [9.17, 15) is 10.4 Å². The van der Waals surface area contributed by atoms with Crippen LogP contribution in [-0.4, -0.2) is 33.4 Å². The molecule has 1 aliphatic heterocycles. The molecule has 4 N–H and O–H groups in total. The fourth-order valence-corrected chi connectivity index (χ4v) is 4.51. The Morgan fingerprint density at radius 2 is 1.76 bits per heavy atom. The van der Waals surface area contributed by atoms with Crippen LogP contribution in [0.5, 0.6) is 5.75 Å². The number of H-pyrrole nitrogens is 1. The highest BCUT2D eigenvalue weighted by Gasteiger charge is 2.22. The van der Waals surface area contributed by atoms with Crippen molar-refractivity contribution in [2.24, 2.45) is 0 Å². The zero-order valence-corrected chi connectivity index (χ0v) is 19.2. The van der Waals surface area contributed by atoms with Crippen LogP contribution in [0.2, 0.25) is 5.02 Å². The summed E-state index contributed by atoms with van der Waals surface area (Å²) in [4.78, 5) is 6.98. The summed E-state index contributed by atoms with van der Waals surface area (Å²) in [5.74, 6) is 0.321. The van der Waals surface area contributed by atoms with Gasteiger partial charge in [-0.2, -0.15) is 10.4 Å². The summed E-state index contributed by atoms with van der Waals surface area (Å²) in [6.07, 6.45) is 3.68. The first-order valence-electron chi connectivity index (χ1n) is 10.5. The molecular formula is C24H22Cl2N6O. The number of rotatable bonds is 3. The highest BCUT2D eigenvalue weighted by Crippen LogP contribution is 2.40. The van der Waals surface area contributed by atoms with Crippen LogP contribution in [0.4, 0.5) is 11.5 Å². The molecule has 0 atom stereocenters. The van der Waals surface area contributed by atoms with Crippen molar-refractivity contribution >= 4 is 46.5 Å². The van der Waals surface area contributed by atoms with E-state index in [4.69, 9.17) is 17.3 Å². The number of nitrogen functional groups attached to an aromatic ring is 1. The molecule has 0 unspecified atom stereocenters. The van der Waals surface area contributed by atoms with Crippen molar-refractivity contribution in [3.8, 4) is 34.2 Å². The lowest BCUT2D eigenvalue weighted by Gasteiger charge is -2.29. The molecule has 1 saturated heterocycles. The number of hydrogen-bond acceptors (Lipinski definition) is 6. The minimum absolute atomic E-state index is 0. The molecule has 0 aliphatic carbocycles. The van der Waals surface area contributed by atoms with E-state index in [-0.39, 0.29) is 23.2 Å². The summed E-state index contributed by atoms with van der Waals surface area (Å²) < 4.78 is 0. The van der Waals surface area contributed by atoms with Crippen molar-refractivity contribution < 1.29 is 5.11 Å². The Balaban J connectivity index is 0.00000259. The molecule has 0 saturated carbocycles. The average molecular weight is 481 g/mol. The number of fused-ring (bicyclic) bond motifs is 1. The Kier molecular flexibility index (Phi) is 6.32. The van der Waals surface area contributed by atoms with Gasteiger partial charge in [0.15, 0.2) is 5.65 Å². The molecule has 33 heavy (non-hydrogen) atoms. The number of halogens is 2. The molecule has 3 heterocycles. The Bertz CT molecular complexity index is 1350. The number of phenolic OH excluding ortho intramolecular Hbond substituents is 1. The number of nitrogens with zero attached hydrogens (tertiary/aromatic N) is 4. The highest BCUT2D eigenvalue weighted by molar-refractivity contribution is 6.32. The van der Waals surface area contributed by atoms with Gasteiger partial charge >= 0.3 is 0 Å². The number of hydrogen-bond donors (Lipinski definition) is 3. The Labute approximate surface area is 202 Å². The summed E-state index contributed by atoms with van der Waals surface area (Å²) in [5, 5.41) is 27.8. The van der Waals surface area contributed by atoms with Gasteiger partial charge in [0.05, 0.1) is 21.7 Å². The number of pyridine rings is 1. The van der Waals surface area contributed by atoms with Gasteiger partial charge in [0.25, 0.3) is 0 Å². The number of benzene rings is 2. The summed E-state index contributed by atoms with van der Waals surface area (Å²) in [6.45, 7) is 2.12. The van der Waals surface area contributed by atoms with Gasteiger partial charge in [-0.25, -0.2) is 4.98 Å². The van der Waals surface area contributed by atoms with E-state index in [2.05, 4.69) is 38.3 Å². The fraction of sp³-hybridized carbons (Fsp3) is 0.208. The first kappa shape index (κ1) is 22.7. The van der Waals surface area contributed by atoms with Gasteiger partial charge in [-0.05, 0) is 55.2 Å². The molecule has 0 amide bonds. The summed E-state index contributed by atoms with van der Waals surface area (Å²) in [7, 11) is 0. The van der Waals surface area contributed by atoms with Crippen LogP contribution >= 0.6 is 24.0 Å². The molecule has 0 radical (unpaired) electrons. The van der Waals surface area contributed by atoms with Crippen molar-refractivity contribution in [1.29, 1.82) is 5.26 Å². The number of nitriles is 1. The van der Waals surface area contributed by atoms with E-state index in [0.29, 0.717) is 39.2 Å². The van der Waals surface area contributed by atoms with Gasteiger partial charge in [0.2, 0.25) is 0 Å². The Morgan fingerprint density at radius 3 is 2.42 bits per heavy atom. The summed E-state index contributed by atoms with van der Waals surface area (Å²) in [6, 6.07) is 15.3. The topological polar surface area (TPSA) is 115 Å². The molecule has 9 heteroatoms. The SMILES string of the molecule is Cl.N#Cc1c(-c2ccc(O)c(Cl)c2)nc2n[nH]c(N)c2c1-c1ccc(N2CCCCC2)cc1. The molecule has 2 aromatic heterocycles. The fourth-order valence-electron chi connectivity index (χ4n) is 4.33. The second-order valence-corrected chi connectivity index (χ2v) is 8.33. The van der Waals surface area contributed by atoms with Gasteiger partial charge in [-0.1, -0.05) is 23.7 Å². The largest absolute Gasteiger partial charge is 0.506 e. The maximum absolute atomic E-state index is 10.1. The van der Waals surface area contributed by atoms with Crippen molar-refractivity contribution in [1.82, 2.24) is 15.2 Å². The minimum atomic E-state index is -0.0347.